The predicted octanol–water partition coefficient (Wildman–Crippen LogP) is 1.16. The van der Waals surface area contributed by atoms with Crippen LogP contribution in [0.2, 0.25) is 0 Å². The van der Waals surface area contributed by atoms with E-state index in [9.17, 15) is 0 Å². The third-order valence-electron chi connectivity index (χ3n) is 2.12. The van der Waals surface area contributed by atoms with Gasteiger partial charge < -0.3 is 5.32 Å². The average Bonchev–Trinajstić information content (AvgIpc) is 2.94. The van der Waals surface area contributed by atoms with E-state index < -0.39 is 0 Å². The van der Waals surface area contributed by atoms with Crippen molar-refractivity contribution in [2.45, 2.75) is 0 Å². The molecule has 1 aromatic carbocycles. The van der Waals surface area contributed by atoms with Crippen molar-refractivity contribution in [1.29, 1.82) is 5.26 Å². The van der Waals surface area contributed by atoms with Gasteiger partial charge in [-0.05, 0) is 23.4 Å². The van der Waals surface area contributed by atoms with Crippen LogP contribution < -0.4 is 5.32 Å². The SMILES string of the molecule is C#Cc1cccc(NC=C(C#N)c2nn[nH]n2)c1. The van der Waals surface area contributed by atoms with E-state index in [0.29, 0.717) is 0 Å². The Bertz CT molecular complexity index is 642. The molecule has 0 saturated carbocycles. The normalized spacial score (nSPS) is 10.4. The molecule has 18 heavy (non-hydrogen) atoms. The maximum Gasteiger partial charge on any atom is 0.216 e. The minimum atomic E-state index is 0.234. The van der Waals surface area contributed by atoms with Crippen molar-refractivity contribution in [3.05, 3.63) is 41.9 Å². The number of H-pyrrole nitrogens is 1. The first-order chi connectivity index (χ1) is 8.83. The topological polar surface area (TPSA) is 90.3 Å². The van der Waals surface area contributed by atoms with Crippen LogP contribution in [0.25, 0.3) is 5.57 Å². The molecular formula is C12H8N6. The third-order valence-corrected chi connectivity index (χ3v) is 2.12. The molecule has 0 aliphatic heterocycles. The number of terminal acetylenes is 1. The fraction of sp³-hybridized carbons (Fsp3) is 0. The van der Waals surface area contributed by atoms with E-state index in [0.717, 1.165) is 11.3 Å². The second-order valence-corrected chi connectivity index (χ2v) is 3.27. The first-order valence-electron chi connectivity index (χ1n) is 5.01. The molecule has 0 aliphatic rings. The molecule has 0 bridgehead atoms. The van der Waals surface area contributed by atoms with Crippen LogP contribution in [-0.2, 0) is 0 Å². The average molecular weight is 236 g/mol. The van der Waals surface area contributed by atoms with Gasteiger partial charge in [-0.25, -0.2) is 0 Å². The molecule has 1 aromatic heterocycles. The molecule has 0 spiro atoms. The number of nitriles is 1. The molecule has 2 aromatic rings. The van der Waals surface area contributed by atoms with Crippen LogP contribution in [0.5, 0.6) is 0 Å². The van der Waals surface area contributed by atoms with Crippen molar-refractivity contribution < 1.29 is 0 Å². The van der Waals surface area contributed by atoms with Gasteiger partial charge in [-0.15, -0.1) is 16.6 Å². The number of benzene rings is 1. The Morgan fingerprint density at radius 1 is 1.50 bits per heavy atom. The van der Waals surface area contributed by atoms with Crippen LogP contribution in [0, 0.1) is 23.7 Å². The van der Waals surface area contributed by atoms with Crippen molar-refractivity contribution in [2.24, 2.45) is 0 Å². The first kappa shape index (κ1) is 11.4. The summed E-state index contributed by atoms with van der Waals surface area (Å²) in [5.41, 5.74) is 1.81. The molecule has 1 heterocycles. The van der Waals surface area contributed by atoms with Gasteiger partial charge in [0.1, 0.15) is 11.6 Å². The van der Waals surface area contributed by atoms with Gasteiger partial charge in [-0.2, -0.15) is 10.5 Å². The number of allylic oxidation sites excluding steroid dienone is 1. The second-order valence-electron chi connectivity index (χ2n) is 3.27. The Labute approximate surface area is 103 Å². The number of anilines is 1. The molecular weight excluding hydrogens is 228 g/mol. The summed E-state index contributed by atoms with van der Waals surface area (Å²) in [6, 6.07) is 9.25. The number of aromatic nitrogens is 4. The Balaban J connectivity index is 2.19. The van der Waals surface area contributed by atoms with Gasteiger partial charge in [0.25, 0.3) is 0 Å². The fourth-order valence-corrected chi connectivity index (χ4v) is 1.28. The predicted molar refractivity (Wildman–Crippen MR) is 65.8 cm³/mol. The van der Waals surface area contributed by atoms with Crippen molar-refractivity contribution in [2.75, 3.05) is 5.32 Å². The highest BCUT2D eigenvalue weighted by Gasteiger charge is 2.04. The molecule has 0 aliphatic carbocycles. The van der Waals surface area contributed by atoms with E-state index in [1.54, 1.807) is 6.07 Å². The molecule has 0 atom stereocenters. The first-order valence-corrected chi connectivity index (χ1v) is 5.01. The molecule has 0 fully saturated rings. The van der Waals surface area contributed by atoms with Gasteiger partial charge in [0.05, 0.1) is 0 Å². The zero-order chi connectivity index (χ0) is 12.8. The highest BCUT2D eigenvalue weighted by atomic mass is 15.5. The van der Waals surface area contributed by atoms with Crippen molar-refractivity contribution >= 4 is 11.3 Å². The summed E-state index contributed by atoms with van der Waals surface area (Å²) in [6.45, 7) is 0. The van der Waals surface area contributed by atoms with Crippen LogP contribution >= 0.6 is 0 Å². The lowest BCUT2D eigenvalue weighted by atomic mass is 10.2. The van der Waals surface area contributed by atoms with Gasteiger partial charge in [0.15, 0.2) is 0 Å². The Morgan fingerprint density at radius 3 is 3.06 bits per heavy atom. The van der Waals surface area contributed by atoms with Crippen LogP contribution in [0.1, 0.15) is 11.4 Å². The zero-order valence-electron chi connectivity index (χ0n) is 9.25. The summed E-state index contributed by atoms with van der Waals surface area (Å²) in [5.74, 6) is 2.77. The van der Waals surface area contributed by atoms with E-state index >= 15 is 0 Å². The minimum absolute atomic E-state index is 0.234. The van der Waals surface area contributed by atoms with Crippen LogP contribution in [0.4, 0.5) is 5.69 Å². The molecule has 2 N–H and O–H groups in total. The van der Waals surface area contributed by atoms with Gasteiger partial charge in [-0.1, -0.05) is 12.0 Å². The number of aromatic amines is 1. The largest absolute Gasteiger partial charge is 0.360 e. The van der Waals surface area contributed by atoms with Gasteiger partial charge >= 0.3 is 0 Å². The highest BCUT2D eigenvalue weighted by molar-refractivity contribution is 5.74. The van der Waals surface area contributed by atoms with Crippen molar-refractivity contribution in [1.82, 2.24) is 20.6 Å². The van der Waals surface area contributed by atoms with E-state index in [-0.39, 0.29) is 11.4 Å². The Morgan fingerprint density at radius 2 is 2.39 bits per heavy atom. The number of hydrogen-bond donors (Lipinski definition) is 2. The molecule has 6 heteroatoms. The monoisotopic (exact) mass is 236 g/mol. The fourth-order valence-electron chi connectivity index (χ4n) is 1.28. The van der Waals surface area contributed by atoms with Gasteiger partial charge in [-0.3, -0.25) is 0 Å². The number of rotatable bonds is 3. The highest BCUT2D eigenvalue weighted by Crippen LogP contribution is 2.12. The quantitative estimate of drug-likeness (QED) is 0.616. The van der Waals surface area contributed by atoms with Crippen LogP contribution in [-0.4, -0.2) is 20.6 Å². The standard InChI is InChI=1S/C12H8N6/c1-2-9-4-3-5-11(6-9)14-8-10(7-13)12-15-17-18-16-12/h1,3-6,8,14H,(H,15,16,17,18). The lowest BCUT2D eigenvalue weighted by molar-refractivity contribution is 0.881. The van der Waals surface area contributed by atoms with Gasteiger partial charge in [0.2, 0.25) is 5.82 Å². The molecule has 2 rings (SSSR count). The molecule has 0 amide bonds. The number of hydrogen-bond acceptors (Lipinski definition) is 5. The minimum Gasteiger partial charge on any atom is -0.360 e. The third kappa shape index (κ3) is 2.52. The summed E-state index contributed by atoms with van der Waals surface area (Å²) < 4.78 is 0. The number of nitrogens with one attached hydrogen (secondary N) is 2. The maximum absolute atomic E-state index is 8.96. The number of tetrazole rings is 1. The summed E-state index contributed by atoms with van der Waals surface area (Å²) in [4.78, 5) is 0. The van der Waals surface area contributed by atoms with Crippen molar-refractivity contribution in [3.8, 4) is 18.4 Å². The van der Waals surface area contributed by atoms with Crippen LogP contribution in [0.15, 0.2) is 30.5 Å². The Hall–Kier alpha value is -3.12. The summed E-state index contributed by atoms with van der Waals surface area (Å²) >= 11 is 0. The van der Waals surface area contributed by atoms with E-state index in [4.69, 9.17) is 11.7 Å². The van der Waals surface area contributed by atoms with Crippen molar-refractivity contribution in [3.63, 3.8) is 0 Å². The van der Waals surface area contributed by atoms with E-state index in [1.165, 1.54) is 6.20 Å². The summed E-state index contributed by atoms with van der Waals surface area (Å²) in [7, 11) is 0. The van der Waals surface area contributed by atoms with E-state index in [1.807, 2.05) is 24.3 Å². The smallest absolute Gasteiger partial charge is 0.216 e. The molecule has 6 nitrogen and oxygen atoms in total. The lowest BCUT2D eigenvalue weighted by Crippen LogP contribution is -1.93. The maximum atomic E-state index is 8.96. The summed E-state index contributed by atoms with van der Waals surface area (Å²) in [5, 5.41) is 25.0. The lowest BCUT2D eigenvalue weighted by Gasteiger charge is -2.01. The van der Waals surface area contributed by atoms with E-state index in [2.05, 4.69) is 31.9 Å². The molecule has 86 valence electrons. The second kappa shape index (κ2) is 5.28. The van der Waals surface area contributed by atoms with Gasteiger partial charge in [0, 0.05) is 17.5 Å². The van der Waals surface area contributed by atoms with Crippen LogP contribution in [0.3, 0.4) is 0 Å². The zero-order valence-corrected chi connectivity index (χ0v) is 9.25. The molecule has 0 radical (unpaired) electrons. The molecule has 0 unspecified atom stereocenters. The Kier molecular flexibility index (Phi) is 3.34. The summed E-state index contributed by atoms with van der Waals surface area (Å²) in [6.07, 6.45) is 6.80. The molecule has 0 saturated heterocycles. The number of nitrogens with zero attached hydrogens (tertiary/aromatic N) is 4.